The average Bonchev–Trinajstić information content (AvgIpc) is 2.59. The van der Waals surface area contributed by atoms with Gasteiger partial charge in [-0.2, -0.15) is 5.26 Å². The van der Waals surface area contributed by atoms with Crippen LogP contribution in [-0.4, -0.2) is 19.5 Å². The molecular weight excluding hydrogens is 274 g/mol. The largest absolute Gasteiger partial charge is 0.352 e. The van der Waals surface area contributed by atoms with Gasteiger partial charge in [0.1, 0.15) is 0 Å². The van der Waals surface area contributed by atoms with Crippen molar-refractivity contribution in [3.05, 3.63) is 0 Å². The van der Waals surface area contributed by atoms with Crippen LogP contribution in [0.25, 0.3) is 0 Å². The summed E-state index contributed by atoms with van der Waals surface area (Å²) in [5.41, 5.74) is 0. The summed E-state index contributed by atoms with van der Waals surface area (Å²) in [6.45, 7) is 4.01. The van der Waals surface area contributed by atoms with Gasteiger partial charge in [0.05, 0.1) is 19.3 Å². The first-order valence-electron chi connectivity index (χ1n) is 9.46. The van der Waals surface area contributed by atoms with Crippen molar-refractivity contribution >= 4 is 0 Å². The Bertz CT molecular complexity index is 323. The lowest BCUT2D eigenvalue weighted by atomic mass is 9.82. The molecule has 2 rings (SSSR count). The fourth-order valence-corrected chi connectivity index (χ4v) is 3.73. The molecule has 0 amide bonds. The van der Waals surface area contributed by atoms with Gasteiger partial charge in [0, 0.05) is 17.8 Å². The molecule has 0 atom stereocenters. The molecule has 1 aliphatic carbocycles. The molecule has 0 aromatic carbocycles. The predicted molar refractivity (Wildman–Crippen MR) is 88.2 cm³/mol. The van der Waals surface area contributed by atoms with Crippen LogP contribution in [0.2, 0.25) is 0 Å². The zero-order valence-corrected chi connectivity index (χ0v) is 14.3. The molecular formula is C19H33NO2. The molecule has 0 N–H and O–H groups in total. The quantitative estimate of drug-likeness (QED) is 0.589. The molecule has 1 heterocycles. The smallest absolute Gasteiger partial charge is 0.160 e. The second kappa shape index (κ2) is 10.2. The maximum atomic E-state index is 8.96. The van der Waals surface area contributed by atoms with E-state index in [2.05, 4.69) is 13.0 Å². The van der Waals surface area contributed by atoms with Crippen molar-refractivity contribution in [1.82, 2.24) is 0 Å². The second-order valence-electron chi connectivity index (χ2n) is 7.20. The monoisotopic (exact) mass is 307 g/mol. The Morgan fingerprint density at radius 3 is 2.18 bits per heavy atom. The third-order valence-electron chi connectivity index (χ3n) is 5.30. The van der Waals surface area contributed by atoms with Crippen LogP contribution in [0.4, 0.5) is 0 Å². The molecule has 2 aliphatic rings. The van der Waals surface area contributed by atoms with Crippen LogP contribution < -0.4 is 0 Å². The summed E-state index contributed by atoms with van der Waals surface area (Å²) < 4.78 is 12.0. The van der Waals surface area contributed by atoms with Crippen LogP contribution in [0.5, 0.6) is 0 Å². The molecule has 3 heteroatoms. The van der Waals surface area contributed by atoms with E-state index >= 15 is 0 Å². The summed E-state index contributed by atoms with van der Waals surface area (Å²) in [7, 11) is 0. The van der Waals surface area contributed by atoms with Crippen LogP contribution in [0.3, 0.4) is 0 Å². The zero-order chi connectivity index (χ0) is 15.6. The van der Waals surface area contributed by atoms with Gasteiger partial charge in [-0.05, 0) is 32.1 Å². The summed E-state index contributed by atoms with van der Waals surface area (Å²) in [6.07, 6.45) is 13.6. The van der Waals surface area contributed by atoms with E-state index in [-0.39, 0.29) is 12.2 Å². The van der Waals surface area contributed by atoms with Gasteiger partial charge in [-0.3, -0.25) is 0 Å². The van der Waals surface area contributed by atoms with E-state index in [1.54, 1.807) is 0 Å². The lowest BCUT2D eigenvalue weighted by molar-refractivity contribution is -0.229. The highest BCUT2D eigenvalue weighted by Gasteiger charge is 2.32. The summed E-state index contributed by atoms with van der Waals surface area (Å²) in [6, 6.07) is 2.39. The summed E-state index contributed by atoms with van der Waals surface area (Å²) in [5, 5.41) is 8.96. The molecule has 0 aromatic rings. The van der Waals surface area contributed by atoms with E-state index in [0.29, 0.717) is 11.8 Å². The minimum atomic E-state index is 0.000414. The van der Waals surface area contributed by atoms with E-state index in [9.17, 15) is 0 Å². The maximum absolute atomic E-state index is 8.96. The Labute approximate surface area is 136 Å². The predicted octanol–water partition coefficient (Wildman–Crippen LogP) is 5.06. The van der Waals surface area contributed by atoms with Crippen molar-refractivity contribution < 1.29 is 9.47 Å². The van der Waals surface area contributed by atoms with Crippen LogP contribution in [0, 0.1) is 29.1 Å². The Kier molecular flexibility index (Phi) is 8.26. The van der Waals surface area contributed by atoms with Crippen LogP contribution in [-0.2, 0) is 9.47 Å². The fourth-order valence-electron chi connectivity index (χ4n) is 3.73. The molecule has 0 bridgehead atoms. The first-order valence-corrected chi connectivity index (χ1v) is 9.46. The van der Waals surface area contributed by atoms with Gasteiger partial charge in [0.25, 0.3) is 0 Å². The SMILES string of the molecule is CCCCCCCCC1COC(C2CCC(C#N)CC2)OC1. The molecule has 0 radical (unpaired) electrons. The molecule has 1 saturated carbocycles. The van der Waals surface area contributed by atoms with Crippen molar-refractivity contribution in [1.29, 1.82) is 5.26 Å². The van der Waals surface area contributed by atoms with Gasteiger partial charge >= 0.3 is 0 Å². The fraction of sp³-hybridized carbons (Fsp3) is 0.947. The van der Waals surface area contributed by atoms with Crippen molar-refractivity contribution in [2.75, 3.05) is 13.2 Å². The molecule has 22 heavy (non-hydrogen) atoms. The Morgan fingerprint density at radius 1 is 0.909 bits per heavy atom. The van der Waals surface area contributed by atoms with Crippen molar-refractivity contribution in [3.63, 3.8) is 0 Å². The normalized spacial score (nSPS) is 32.5. The molecule has 2 fully saturated rings. The van der Waals surface area contributed by atoms with Gasteiger partial charge in [-0.25, -0.2) is 0 Å². The number of hydrogen-bond acceptors (Lipinski definition) is 3. The number of unbranched alkanes of at least 4 members (excludes halogenated alkanes) is 5. The highest BCUT2D eigenvalue weighted by Crippen LogP contribution is 2.34. The van der Waals surface area contributed by atoms with Crippen molar-refractivity contribution in [3.8, 4) is 6.07 Å². The summed E-state index contributed by atoms with van der Waals surface area (Å²) in [5.74, 6) is 1.37. The third kappa shape index (κ3) is 5.89. The number of nitrogens with zero attached hydrogens (tertiary/aromatic N) is 1. The molecule has 1 saturated heterocycles. The lowest BCUT2D eigenvalue weighted by Crippen LogP contribution is -2.38. The van der Waals surface area contributed by atoms with Crippen molar-refractivity contribution in [2.24, 2.45) is 17.8 Å². The second-order valence-corrected chi connectivity index (χ2v) is 7.20. The minimum Gasteiger partial charge on any atom is -0.352 e. The number of ether oxygens (including phenoxy) is 2. The van der Waals surface area contributed by atoms with E-state index < -0.39 is 0 Å². The molecule has 126 valence electrons. The number of hydrogen-bond donors (Lipinski definition) is 0. The first-order chi connectivity index (χ1) is 10.8. The molecule has 0 aromatic heterocycles. The summed E-state index contributed by atoms with van der Waals surface area (Å²) >= 11 is 0. The Morgan fingerprint density at radius 2 is 1.55 bits per heavy atom. The van der Waals surface area contributed by atoms with Crippen LogP contribution >= 0.6 is 0 Å². The van der Waals surface area contributed by atoms with Gasteiger partial charge in [-0.15, -0.1) is 0 Å². The maximum Gasteiger partial charge on any atom is 0.160 e. The van der Waals surface area contributed by atoms with E-state index in [0.717, 1.165) is 38.9 Å². The Hall–Kier alpha value is -0.590. The topological polar surface area (TPSA) is 42.2 Å². The van der Waals surface area contributed by atoms with Gasteiger partial charge in [0.2, 0.25) is 0 Å². The standard InChI is InChI=1S/C19H33NO2/c1-2-3-4-5-6-7-8-17-14-21-19(22-15-17)18-11-9-16(13-20)10-12-18/h16-19H,2-12,14-15H2,1H3. The van der Waals surface area contributed by atoms with E-state index in [1.165, 1.54) is 44.9 Å². The highest BCUT2D eigenvalue weighted by molar-refractivity contribution is 4.88. The number of rotatable bonds is 8. The molecule has 3 nitrogen and oxygen atoms in total. The minimum absolute atomic E-state index is 0.000414. The van der Waals surface area contributed by atoms with Gasteiger partial charge in [-0.1, -0.05) is 45.4 Å². The van der Waals surface area contributed by atoms with Crippen molar-refractivity contribution in [2.45, 2.75) is 83.8 Å². The van der Waals surface area contributed by atoms with Crippen LogP contribution in [0.1, 0.15) is 77.6 Å². The average molecular weight is 307 g/mol. The van der Waals surface area contributed by atoms with Gasteiger partial charge < -0.3 is 9.47 Å². The zero-order valence-electron chi connectivity index (χ0n) is 14.3. The number of nitriles is 1. The van der Waals surface area contributed by atoms with E-state index in [4.69, 9.17) is 14.7 Å². The van der Waals surface area contributed by atoms with E-state index in [1.807, 2.05) is 0 Å². The highest BCUT2D eigenvalue weighted by atomic mass is 16.7. The lowest BCUT2D eigenvalue weighted by Gasteiger charge is -2.36. The summed E-state index contributed by atoms with van der Waals surface area (Å²) in [4.78, 5) is 0. The van der Waals surface area contributed by atoms with Crippen LogP contribution in [0.15, 0.2) is 0 Å². The Balaban J connectivity index is 1.53. The first kappa shape index (κ1) is 17.8. The molecule has 0 spiro atoms. The van der Waals surface area contributed by atoms with Gasteiger partial charge in [0.15, 0.2) is 6.29 Å². The molecule has 0 unspecified atom stereocenters. The molecule has 1 aliphatic heterocycles. The third-order valence-corrected chi connectivity index (χ3v) is 5.30.